The van der Waals surface area contributed by atoms with Crippen LogP contribution in [-0.4, -0.2) is 4.57 Å². The number of anilines is 3. The first-order chi connectivity index (χ1) is 38.1. The zero-order chi connectivity index (χ0) is 51.0. The van der Waals surface area contributed by atoms with Gasteiger partial charge in [-0.1, -0.05) is 231 Å². The van der Waals surface area contributed by atoms with Gasteiger partial charge in [-0.2, -0.15) is 0 Å². The van der Waals surface area contributed by atoms with Crippen LogP contribution in [0.25, 0.3) is 77.6 Å². The molecule has 2 spiro atoms. The number of allylic oxidation sites excluding steroid dienone is 5. The van der Waals surface area contributed by atoms with Crippen molar-refractivity contribution in [3.05, 3.63) is 330 Å². The van der Waals surface area contributed by atoms with Gasteiger partial charge in [0.25, 0.3) is 0 Å². The van der Waals surface area contributed by atoms with E-state index in [1.807, 2.05) is 0 Å². The molecular weight excluding hydrogens is 929 g/mol. The van der Waals surface area contributed by atoms with Gasteiger partial charge in [-0.3, -0.25) is 0 Å². The van der Waals surface area contributed by atoms with Crippen molar-refractivity contribution in [3.8, 4) is 50.2 Å². The SMILES string of the molecule is C=CC1=C(/C=C\C)c2ccccc2C12c1ccccc1-c1c(N(c3ccc(-c4ccccc4)cc3)c3cccc(-c4ccc5c(c4)C4(c6ccccc6-5)c5ccccc5-n5c6ccccc6c6cccc4c65)c3)cccc12. The van der Waals surface area contributed by atoms with Gasteiger partial charge in [0.2, 0.25) is 0 Å². The molecule has 2 nitrogen and oxygen atoms in total. The third-order valence-electron chi connectivity index (χ3n) is 17.5. The minimum Gasteiger partial charge on any atom is -0.310 e. The fourth-order valence-electron chi connectivity index (χ4n) is 14.6. The number of fused-ring (bicyclic) bond motifs is 19. The quantitative estimate of drug-likeness (QED) is 0.154. The second-order valence-electron chi connectivity index (χ2n) is 21.0. The molecule has 12 aromatic rings. The maximum atomic E-state index is 4.55. The fraction of sp³-hybridized carbons (Fsp3) is 0.0400. The third-order valence-corrected chi connectivity index (χ3v) is 17.5. The minimum atomic E-state index is -0.551. The Morgan fingerprint density at radius 3 is 1.78 bits per heavy atom. The van der Waals surface area contributed by atoms with Gasteiger partial charge < -0.3 is 9.47 Å². The van der Waals surface area contributed by atoms with Crippen molar-refractivity contribution in [2.75, 3.05) is 4.90 Å². The normalized spacial score (nSPS) is 16.9. The highest BCUT2D eigenvalue weighted by atomic mass is 15.1. The summed E-state index contributed by atoms with van der Waals surface area (Å²) in [6.45, 7) is 6.66. The van der Waals surface area contributed by atoms with Crippen LogP contribution < -0.4 is 4.90 Å². The molecule has 1 aromatic heterocycles. The molecule has 2 heterocycles. The molecule has 11 aromatic carbocycles. The summed E-state index contributed by atoms with van der Waals surface area (Å²) in [7, 11) is 0. The van der Waals surface area contributed by atoms with Crippen LogP contribution in [0.3, 0.4) is 0 Å². The van der Waals surface area contributed by atoms with E-state index in [-0.39, 0.29) is 0 Å². The molecular formula is C75H50N2. The lowest BCUT2D eigenvalue weighted by Crippen LogP contribution is -2.33. The maximum absolute atomic E-state index is 4.55. The maximum Gasteiger partial charge on any atom is 0.0754 e. The van der Waals surface area contributed by atoms with E-state index in [9.17, 15) is 0 Å². The Morgan fingerprint density at radius 2 is 0.974 bits per heavy atom. The summed E-state index contributed by atoms with van der Waals surface area (Å²) in [5.41, 5.74) is 28.5. The molecule has 16 rings (SSSR count). The predicted octanol–water partition coefficient (Wildman–Crippen LogP) is 19.1. The highest BCUT2D eigenvalue weighted by molar-refractivity contribution is 6.13. The van der Waals surface area contributed by atoms with Crippen molar-refractivity contribution < 1.29 is 0 Å². The van der Waals surface area contributed by atoms with Crippen molar-refractivity contribution in [1.82, 2.24) is 4.57 Å². The van der Waals surface area contributed by atoms with E-state index < -0.39 is 10.8 Å². The summed E-state index contributed by atoms with van der Waals surface area (Å²) in [4.78, 5) is 2.50. The molecule has 0 saturated carbocycles. The van der Waals surface area contributed by atoms with Gasteiger partial charge in [0, 0.05) is 27.7 Å². The van der Waals surface area contributed by atoms with Gasteiger partial charge in [0.15, 0.2) is 0 Å². The first kappa shape index (κ1) is 43.6. The Hall–Kier alpha value is -9.76. The summed E-state index contributed by atoms with van der Waals surface area (Å²) in [5.74, 6) is 0. The first-order valence-corrected chi connectivity index (χ1v) is 26.9. The molecule has 0 fully saturated rings. The number of para-hydroxylation sites is 3. The smallest absolute Gasteiger partial charge is 0.0754 e. The van der Waals surface area contributed by atoms with E-state index in [1.165, 1.54) is 122 Å². The Balaban J connectivity index is 0.923. The van der Waals surface area contributed by atoms with Crippen molar-refractivity contribution in [3.63, 3.8) is 0 Å². The van der Waals surface area contributed by atoms with Crippen LogP contribution in [0.5, 0.6) is 0 Å². The van der Waals surface area contributed by atoms with Gasteiger partial charge >= 0.3 is 0 Å². The summed E-state index contributed by atoms with van der Waals surface area (Å²) < 4.78 is 2.52. The fourth-order valence-corrected chi connectivity index (χ4v) is 14.6. The lowest BCUT2D eigenvalue weighted by molar-refractivity contribution is 0.749. The molecule has 0 bridgehead atoms. The molecule has 0 amide bonds. The number of nitrogens with zero attached hydrogens (tertiary/aromatic N) is 2. The second-order valence-corrected chi connectivity index (χ2v) is 21.0. The number of aromatic nitrogens is 1. The number of benzene rings is 11. The van der Waals surface area contributed by atoms with Crippen LogP contribution in [0.2, 0.25) is 0 Å². The summed E-state index contributed by atoms with van der Waals surface area (Å²) >= 11 is 0. The van der Waals surface area contributed by atoms with Crippen LogP contribution in [-0.2, 0) is 10.8 Å². The van der Waals surface area contributed by atoms with Crippen LogP contribution in [0, 0.1) is 0 Å². The zero-order valence-corrected chi connectivity index (χ0v) is 42.6. The van der Waals surface area contributed by atoms with Gasteiger partial charge in [0.1, 0.15) is 0 Å². The van der Waals surface area contributed by atoms with Gasteiger partial charge in [-0.25, -0.2) is 0 Å². The highest BCUT2D eigenvalue weighted by Gasteiger charge is 2.53. The molecule has 2 atom stereocenters. The van der Waals surface area contributed by atoms with E-state index in [1.54, 1.807) is 0 Å². The molecule has 0 N–H and O–H groups in total. The van der Waals surface area contributed by atoms with Gasteiger partial charge in [-0.05, 0) is 150 Å². The zero-order valence-electron chi connectivity index (χ0n) is 42.6. The predicted molar refractivity (Wildman–Crippen MR) is 321 cm³/mol. The summed E-state index contributed by atoms with van der Waals surface area (Å²) in [5, 5.41) is 2.56. The van der Waals surface area contributed by atoms with E-state index >= 15 is 0 Å². The average molecular weight is 979 g/mol. The number of rotatable bonds is 7. The molecule has 2 unspecified atom stereocenters. The molecule has 2 heteroatoms. The topological polar surface area (TPSA) is 8.17 Å². The van der Waals surface area contributed by atoms with E-state index in [0.29, 0.717) is 0 Å². The summed E-state index contributed by atoms with van der Waals surface area (Å²) in [6, 6.07) is 95.5. The van der Waals surface area contributed by atoms with Crippen molar-refractivity contribution in [2.24, 2.45) is 0 Å². The molecule has 360 valence electrons. The van der Waals surface area contributed by atoms with E-state index in [2.05, 4.69) is 296 Å². The standard InChI is InChI=1S/C75H50N2/c1-3-21-54-55-26-8-12-31-62(55)74(61(54)4-2)64-33-14-10-29-60(64)72-66(74)35-20-39-71(72)76(52-43-40-49(41-44-52)48-22-6-5-7-23-48)53-25-18-24-50(46-53)51-42-45-57-56-27-9-13-32-63(56)75(68(57)47-51)65-34-15-17-38-70(65)77-69-37-16-11-28-58(69)59-30-19-36-67(75)73(59)77/h3-47H,2H2,1H3/b21-3-. The molecule has 1 aliphatic heterocycles. The van der Waals surface area contributed by atoms with Gasteiger partial charge in [-0.15, -0.1) is 0 Å². The van der Waals surface area contributed by atoms with Crippen molar-refractivity contribution in [1.29, 1.82) is 0 Å². The number of hydrogen-bond acceptors (Lipinski definition) is 1. The molecule has 0 saturated heterocycles. The summed E-state index contributed by atoms with van der Waals surface area (Å²) in [6.07, 6.45) is 6.55. The highest BCUT2D eigenvalue weighted by Crippen LogP contribution is 2.65. The van der Waals surface area contributed by atoms with Crippen molar-refractivity contribution >= 4 is 44.4 Å². The van der Waals surface area contributed by atoms with E-state index in [0.717, 1.165) is 22.6 Å². The Labute approximate surface area is 449 Å². The lowest BCUT2D eigenvalue weighted by Gasteiger charge is -2.39. The van der Waals surface area contributed by atoms with Crippen LogP contribution in [0.4, 0.5) is 17.1 Å². The van der Waals surface area contributed by atoms with Crippen LogP contribution in [0.15, 0.2) is 285 Å². The average Bonchev–Trinajstić information content (AvgIpc) is 4.34. The van der Waals surface area contributed by atoms with Crippen molar-refractivity contribution in [2.45, 2.75) is 17.8 Å². The second kappa shape index (κ2) is 16.4. The molecule has 4 aliphatic rings. The number of hydrogen-bond donors (Lipinski definition) is 0. The molecule has 0 radical (unpaired) electrons. The van der Waals surface area contributed by atoms with E-state index in [4.69, 9.17) is 0 Å². The largest absolute Gasteiger partial charge is 0.310 e. The monoisotopic (exact) mass is 978 g/mol. The lowest BCUT2D eigenvalue weighted by atomic mass is 9.65. The van der Waals surface area contributed by atoms with Crippen LogP contribution in [0.1, 0.15) is 51.4 Å². The Kier molecular flexibility index (Phi) is 9.27. The van der Waals surface area contributed by atoms with Crippen LogP contribution >= 0.6 is 0 Å². The Morgan fingerprint density at radius 1 is 0.403 bits per heavy atom. The van der Waals surface area contributed by atoms with Gasteiger partial charge in [0.05, 0.1) is 33.2 Å². The molecule has 77 heavy (non-hydrogen) atoms. The minimum absolute atomic E-state index is 0.547. The first-order valence-electron chi connectivity index (χ1n) is 26.9. The molecule has 3 aliphatic carbocycles. The Bertz CT molecular complexity index is 4550. The third kappa shape index (κ3) is 5.69.